The average molecular weight is 259 g/mol. The summed E-state index contributed by atoms with van der Waals surface area (Å²) in [5, 5.41) is 0. The zero-order valence-electron chi connectivity index (χ0n) is 10.7. The summed E-state index contributed by atoms with van der Waals surface area (Å²) < 4.78 is 18.7. The summed E-state index contributed by atoms with van der Waals surface area (Å²) in [6.07, 6.45) is 0. The van der Waals surface area contributed by atoms with Gasteiger partial charge >= 0.3 is 0 Å². The van der Waals surface area contributed by atoms with Gasteiger partial charge in [0.2, 0.25) is 0 Å². The first kappa shape index (κ1) is 13.1. The van der Waals surface area contributed by atoms with Gasteiger partial charge in [-0.15, -0.1) is 0 Å². The number of halogens is 1. The lowest BCUT2D eigenvalue weighted by atomic mass is 9.99. The van der Waals surface area contributed by atoms with Gasteiger partial charge in [0.1, 0.15) is 11.6 Å². The fourth-order valence-corrected chi connectivity index (χ4v) is 1.83. The summed E-state index contributed by atoms with van der Waals surface area (Å²) in [5.74, 6) is -0.425. The molecule has 2 aromatic rings. The van der Waals surface area contributed by atoms with E-state index < -0.39 is 11.6 Å². The van der Waals surface area contributed by atoms with Crippen LogP contribution in [0.4, 0.5) is 10.1 Å². The van der Waals surface area contributed by atoms with Crippen molar-refractivity contribution >= 4 is 11.5 Å². The highest BCUT2D eigenvalue weighted by atomic mass is 19.1. The van der Waals surface area contributed by atoms with Crippen LogP contribution >= 0.6 is 0 Å². The number of aryl methyl sites for hydroxylation is 1. The Kier molecular flexibility index (Phi) is 3.51. The minimum absolute atomic E-state index is 0.0249. The number of hydrogen-bond acceptors (Lipinski definition) is 3. The van der Waals surface area contributed by atoms with Crippen molar-refractivity contribution in [1.82, 2.24) is 0 Å². The predicted molar refractivity (Wildman–Crippen MR) is 72.0 cm³/mol. The highest BCUT2D eigenvalue weighted by Crippen LogP contribution is 2.23. The van der Waals surface area contributed by atoms with Gasteiger partial charge in [0.05, 0.1) is 12.7 Å². The highest BCUT2D eigenvalue weighted by Gasteiger charge is 2.17. The van der Waals surface area contributed by atoms with E-state index in [1.54, 1.807) is 25.1 Å². The Morgan fingerprint density at radius 1 is 1.16 bits per heavy atom. The third-order valence-electron chi connectivity index (χ3n) is 2.87. The third kappa shape index (κ3) is 2.57. The Hall–Kier alpha value is -2.36. The van der Waals surface area contributed by atoms with Crippen molar-refractivity contribution in [3.05, 3.63) is 58.9 Å². The topological polar surface area (TPSA) is 52.3 Å². The van der Waals surface area contributed by atoms with Crippen LogP contribution in [0.2, 0.25) is 0 Å². The third-order valence-corrected chi connectivity index (χ3v) is 2.87. The number of benzene rings is 2. The van der Waals surface area contributed by atoms with E-state index in [9.17, 15) is 9.18 Å². The van der Waals surface area contributed by atoms with Crippen molar-refractivity contribution in [2.45, 2.75) is 6.92 Å². The van der Waals surface area contributed by atoms with Gasteiger partial charge in [-0.25, -0.2) is 4.39 Å². The number of ketones is 1. The normalized spacial score (nSPS) is 10.3. The number of anilines is 1. The van der Waals surface area contributed by atoms with Crippen LogP contribution < -0.4 is 10.5 Å². The number of methoxy groups -OCH3 is 1. The molecule has 0 radical (unpaired) electrons. The molecule has 0 aliphatic heterocycles. The molecule has 2 N–H and O–H groups in total. The van der Waals surface area contributed by atoms with Crippen molar-refractivity contribution in [3.8, 4) is 5.75 Å². The lowest BCUT2D eigenvalue weighted by Gasteiger charge is -2.08. The van der Waals surface area contributed by atoms with E-state index in [0.29, 0.717) is 5.75 Å². The Balaban J connectivity index is 2.47. The Morgan fingerprint density at radius 2 is 1.89 bits per heavy atom. The van der Waals surface area contributed by atoms with E-state index in [-0.39, 0.29) is 16.8 Å². The largest absolute Gasteiger partial charge is 0.497 e. The monoisotopic (exact) mass is 259 g/mol. The van der Waals surface area contributed by atoms with Gasteiger partial charge in [0.15, 0.2) is 5.78 Å². The smallest absolute Gasteiger partial charge is 0.198 e. The summed E-state index contributed by atoms with van der Waals surface area (Å²) in [4.78, 5) is 12.3. The van der Waals surface area contributed by atoms with Crippen LogP contribution in [0.15, 0.2) is 36.4 Å². The van der Waals surface area contributed by atoms with Crippen molar-refractivity contribution in [1.29, 1.82) is 0 Å². The van der Waals surface area contributed by atoms with Crippen molar-refractivity contribution < 1.29 is 13.9 Å². The summed E-state index contributed by atoms with van der Waals surface area (Å²) in [6.45, 7) is 1.80. The van der Waals surface area contributed by atoms with Crippen LogP contribution in [0.1, 0.15) is 21.5 Å². The second-order valence-corrected chi connectivity index (χ2v) is 4.27. The van der Waals surface area contributed by atoms with Crippen molar-refractivity contribution in [3.63, 3.8) is 0 Å². The molecule has 0 saturated carbocycles. The molecular formula is C15H14FNO2. The number of rotatable bonds is 3. The molecule has 0 bridgehead atoms. The molecule has 19 heavy (non-hydrogen) atoms. The van der Waals surface area contributed by atoms with Gasteiger partial charge in [0, 0.05) is 17.3 Å². The van der Waals surface area contributed by atoms with Crippen LogP contribution in [0.5, 0.6) is 5.75 Å². The number of ether oxygens (including phenoxy) is 1. The summed E-state index contributed by atoms with van der Waals surface area (Å²) in [6, 6.07) is 9.11. The quantitative estimate of drug-likeness (QED) is 0.681. The first-order chi connectivity index (χ1) is 9.02. The molecule has 0 unspecified atom stereocenters. The van der Waals surface area contributed by atoms with E-state index in [1.165, 1.54) is 25.3 Å². The molecule has 4 heteroatoms. The van der Waals surface area contributed by atoms with Crippen LogP contribution in [0.3, 0.4) is 0 Å². The summed E-state index contributed by atoms with van der Waals surface area (Å²) in [5.41, 5.74) is 7.18. The standard InChI is InChI=1S/C15H14FNO2/c1-9-3-6-13(16)12(7-9)15(18)11-5-4-10(19-2)8-14(11)17/h3-8H,17H2,1-2H3. The highest BCUT2D eigenvalue weighted by molar-refractivity contribution is 6.12. The lowest BCUT2D eigenvalue weighted by molar-refractivity contribution is 0.103. The molecule has 0 aromatic heterocycles. The Labute approximate surface area is 110 Å². The molecule has 0 aliphatic carbocycles. The lowest BCUT2D eigenvalue weighted by Crippen LogP contribution is -2.08. The van der Waals surface area contributed by atoms with Gasteiger partial charge in [-0.05, 0) is 31.2 Å². The van der Waals surface area contributed by atoms with Gasteiger partial charge in [-0.3, -0.25) is 4.79 Å². The SMILES string of the molecule is COc1ccc(C(=O)c2cc(C)ccc2F)c(N)c1. The molecule has 0 spiro atoms. The second kappa shape index (κ2) is 5.10. The van der Waals surface area contributed by atoms with Crippen LogP contribution in [0.25, 0.3) is 0 Å². The van der Waals surface area contributed by atoms with Crippen molar-refractivity contribution in [2.24, 2.45) is 0 Å². The predicted octanol–water partition coefficient (Wildman–Crippen LogP) is 2.96. The van der Waals surface area contributed by atoms with Gasteiger partial charge in [-0.1, -0.05) is 11.6 Å². The molecule has 0 saturated heterocycles. The molecule has 0 heterocycles. The molecule has 0 amide bonds. The fraction of sp³-hybridized carbons (Fsp3) is 0.133. The zero-order valence-corrected chi connectivity index (χ0v) is 10.7. The fourth-order valence-electron chi connectivity index (χ4n) is 1.83. The number of hydrogen-bond donors (Lipinski definition) is 1. The van der Waals surface area contributed by atoms with E-state index in [4.69, 9.17) is 10.5 Å². The van der Waals surface area contributed by atoms with E-state index >= 15 is 0 Å². The maximum absolute atomic E-state index is 13.7. The number of nitrogens with two attached hydrogens (primary N) is 1. The molecule has 0 aliphatic rings. The molecule has 2 aromatic carbocycles. The van der Waals surface area contributed by atoms with E-state index in [0.717, 1.165) is 5.56 Å². The Bertz CT molecular complexity index is 638. The van der Waals surface area contributed by atoms with Crippen LogP contribution in [0, 0.1) is 12.7 Å². The molecule has 0 fully saturated rings. The zero-order chi connectivity index (χ0) is 14.0. The van der Waals surface area contributed by atoms with Gasteiger partial charge in [-0.2, -0.15) is 0 Å². The Morgan fingerprint density at radius 3 is 2.53 bits per heavy atom. The first-order valence-electron chi connectivity index (χ1n) is 5.77. The maximum Gasteiger partial charge on any atom is 0.198 e. The van der Waals surface area contributed by atoms with Gasteiger partial charge in [0.25, 0.3) is 0 Å². The van der Waals surface area contributed by atoms with Crippen LogP contribution in [-0.4, -0.2) is 12.9 Å². The molecule has 98 valence electrons. The number of carbonyl (C=O) groups excluding carboxylic acids is 1. The van der Waals surface area contributed by atoms with E-state index in [1.807, 2.05) is 0 Å². The summed E-state index contributed by atoms with van der Waals surface area (Å²) in [7, 11) is 1.51. The van der Waals surface area contributed by atoms with Gasteiger partial charge < -0.3 is 10.5 Å². The summed E-state index contributed by atoms with van der Waals surface area (Å²) >= 11 is 0. The van der Waals surface area contributed by atoms with Crippen molar-refractivity contribution in [2.75, 3.05) is 12.8 Å². The number of carbonyl (C=O) groups is 1. The molecule has 3 nitrogen and oxygen atoms in total. The maximum atomic E-state index is 13.7. The average Bonchev–Trinajstić information content (AvgIpc) is 2.40. The van der Waals surface area contributed by atoms with E-state index in [2.05, 4.69) is 0 Å². The number of nitrogen functional groups attached to an aromatic ring is 1. The molecular weight excluding hydrogens is 245 g/mol. The second-order valence-electron chi connectivity index (χ2n) is 4.27. The minimum atomic E-state index is -0.550. The molecule has 2 rings (SSSR count). The molecule has 0 atom stereocenters. The minimum Gasteiger partial charge on any atom is -0.497 e. The first-order valence-corrected chi connectivity index (χ1v) is 5.77. The van der Waals surface area contributed by atoms with Crippen LogP contribution in [-0.2, 0) is 0 Å².